The van der Waals surface area contributed by atoms with Gasteiger partial charge in [-0.25, -0.2) is 0 Å². The van der Waals surface area contributed by atoms with E-state index < -0.39 is 74.7 Å². The molecule has 1 saturated heterocycles. The summed E-state index contributed by atoms with van der Waals surface area (Å²) in [5.41, 5.74) is 9.28. The Morgan fingerprint density at radius 3 is 2.50 bits per heavy atom. The lowest BCUT2D eigenvalue weighted by atomic mass is 9.86. The lowest BCUT2D eigenvalue weighted by Gasteiger charge is -2.41. The van der Waals surface area contributed by atoms with Crippen molar-refractivity contribution in [1.82, 2.24) is 0 Å². The van der Waals surface area contributed by atoms with Crippen molar-refractivity contribution in [2.24, 2.45) is 11.7 Å². The third-order valence-corrected chi connectivity index (χ3v) is 10.3. The van der Waals surface area contributed by atoms with Crippen LogP contribution >= 0.6 is 0 Å². The number of fused-ring (bicyclic) bond motifs is 6. The van der Waals surface area contributed by atoms with E-state index in [1.165, 1.54) is 6.07 Å². The average molecular weight is 814 g/mol. The van der Waals surface area contributed by atoms with E-state index in [0.29, 0.717) is 51.7 Å². The van der Waals surface area contributed by atoms with Gasteiger partial charge >= 0.3 is 11.9 Å². The van der Waals surface area contributed by atoms with Crippen molar-refractivity contribution < 1.29 is 83.2 Å². The number of aliphatic carboxylic acids is 1. The molecule has 0 amide bonds. The van der Waals surface area contributed by atoms with Gasteiger partial charge in [-0.2, -0.15) is 4.89 Å². The second-order valence-corrected chi connectivity index (χ2v) is 14.8. The minimum Gasteiger partial charge on any atom is -0.508 e. The summed E-state index contributed by atoms with van der Waals surface area (Å²) in [5, 5.41) is 61.5. The highest BCUT2D eigenvalue weighted by molar-refractivity contribution is 5.90. The van der Waals surface area contributed by atoms with Gasteiger partial charge in [0.1, 0.15) is 61.3 Å². The normalized spacial score (nSPS) is 25.3. The molecule has 0 unspecified atom stereocenters. The maximum absolute atomic E-state index is 11.9. The minimum atomic E-state index is -1.73. The molecule has 4 aliphatic rings. The monoisotopic (exact) mass is 813 g/mol. The van der Waals surface area contributed by atoms with Gasteiger partial charge in [-0.05, 0) is 42.2 Å². The predicted octanol–water partition coefficient (Wildman–Crippen LogP) is 1.49. The molecule has 8 atom stereocenters. The number of carboxylic acids is 1. The molecule has 3 aromatic carbocycles. The summed E-state index contributed by atoms with van der Waals surface area (Å²) in [6.45, 7) is 2.99. The van der Waals surface area contributed by atoms with Crippen molar-refractivity contribution in [3.05, 3.63) is 69.8 Å². The number of aliphatic hydroxyl groups is 4. The summed E-state index contributed by atoms with van der Waals surface area (Å²) in [6, 6.07) is 10.1. The minimum absolute atomic E-state index is 0.0452. The van der Waals surface area contributed by atoms with Crippen LogP contribution in [0.25, 0.3) is 0 Å². The van der Waals surface area contributed by atoms with Gasteiger partial charge in [0.2, 0.25) is 0 Å². The van der Waals surface area contributed by atoms with Crippen LogP contribution in [-0.4, -0.2) is 113 Å². The van der Waals surface area contributed by atoms with E-state index in [1.807, 2.05) is 6.07 Å². The summed E-state index contributed by atoms with van der Waals surface area (Å²) in [4.78, 5) is 34.6. The molecule has 18 heteroatoms. The van der Waals surface area contributed by atoms with E-state index in [1.54, 1.807) is 24.3 Å². The van der Waals surface area contributed by atoms with Crippen molar-refractivity contribution >= 4 is 11.9 Å². The smallest absolute Gasteiger partial charge is 0.317 e. The Morgan fingerprint density at radius 1 is 0.966 bits per heavy atom. The summed E-state index contributed by atoms with van der Waals surface area (Å²) in [5.74, 6) is -0.387. The molecule has 0 aromatic heterocycles. The number of ether oxygens (including phenoxy) is 7. The fourth-order valence-corrected chi connectivity index (χ4v) is 7.58. The maximum atomic E-state index is 11.9. The van der Waals surface area contributed by atoms with Gasteiger partial charge in [0, 0.05) is 40.8 Å². The molecule has 0 saturated carbocycles. The van der Waals surface area contributed by atoms with Crippen LogP contribution in [-0.2, 0) is 48.1 Å². The number of benzene rings is 3. The van der Waals surface area contributed by atoms with Crippen LogP contribution in [0.1, 0.15) is 65.7 Å². The van der Waals surface area contributed by atoms with Gasteiger partial charge in [-0.15, -0.1) is 0 Å². The third kappa shape index (κ3) is 8.32. The first-order valence-electron chi connectivity index (χ1n) is 18.9. The van der Waals surface area contributed by atoms with Crippen LogP contribution < -0.4 is 29.6 Å². The molecule has 4 heterocycles. The molecule has 0 spiro atoms. The van der Waals surface area contributed by atoms with E-state index in [-0.39, 0.29) is 56.1 Å². The molecule has 0 radical (unpaired) electrons. The van der Waals surface area contributed by atoms with Crippen LogP contribution in [0.3, 0.4) is 0 Å². The van der Waals surface area contributed by atoms with Gasteiger partial charge in [-0.1, -0.05) is 26.0 Å². The largest absolute Gasteiger partial charge is 0.508 e. The Morgan fingerprint density at radius 2 is 1.78 bits per heavy atom. The number of aliphatic hydroxyl groups excluding tert-OH is 4. The fourth-order valence-electron chi connectivity index (χ4n) is 7.58. The van der Waals surface area contributed by atoms with Gasteiger partial charge < -0.3 is 74.4 Å². The number of nitrogens with two attached hydrogens (primary N) is 1. The molecule has 8 N–H and O–H groups in total. The molecule has 0 bridgehead atoms. The van der Waals surface area contributed by atoms with Crippen LogP contribution in [0.5, 0.6) is 34.5 Å². The van der Waals surface area contributed by atoms with E-state index in [4.69, 9.17) is 53.8 Å². The van der Waals surface area contributed by atoms with Crippen molar-refractivity contribution in [1.29, 1.82) is 0 Å². The number of hydrogen-bond acceptors (Lipinski definition) is 17. The molecule has 0 aliphatic carbocycles. The first kappa shape index (κ1) is 41.2. The Hall–Kier alpha value is -4.92. The number of hydrogen-bond donors (Lipinski definition) is 7. The van der Waals surface area contributed by atoms with Crippen LogP contribution in [0.15, 0.2) is 36.4 Å². The van der Waals surface area contributed by atoms with Gasteiger partial charge in [0.05, 0.1) is 25.7 Å². The molecular formula is C40H47NO17. The highest BCUT2D eigenvalue weighted by Crippen LogP contribution is 2.58. The number of aromatic hydroxyl groups is 1. The maximum Gasteiger partial charge on any atom is 0.317 e. The molecule has 7 rings (SSSR count). The summed E-state index contributed by atoms with van der Waals surface area (Å²) in [6.07, 6.45) is -9.26. The number of phenols is 1. The predicted molar refractivity (Wildman–Crippen MR) is 196 cm³/mol. The Bertz CT molecular complexity index is 1990. The molecule has 4 aliphatic heterocycles. The van der Waals surface area contributed by atoms with Crippen molar-refractivity contribution in [3.8, 4) is 34.5 Å². The zero-order valence-electron chi connectivity index (χ0n) is 31.8. The lowest BCUT2D eigenvalue weighted by molar-refractivity contribution is -0.372. The van der Waals surface area contributed by atoms with E-state index in [9.17, 15) is 35.1 Å². The van der Waals surface area contributed by atoms with Crippen LogP contribution in [0, 0.1) is 5.92 Å². The first-order chi connectivity index (χ1) is 27.9. The van der Waals surface area contributed by atoms with Gasteiger partial charge in [-0.3, -0.25) is 9.59 Å². The second kappa shape index (κ2) is 17.5. The highest BCUT2D eigenvalue weighted by Gasteiger charge is 2.49. The molecule has 3 aromatic rings. The molecule has 58 heavy (non-hydrogen) atoms. The van der Waals surface area contributed by atoms with Crippen molar-refractivity contribution in [2.45, 2.75) is 88.7 Å². The standard InChI is InChI=1S/C40H47NO17/c1-18(2)8-23-36-21(11-29-38(23)55-33(15-43)53-29)25-16-51-28-10-20(9-19-4-3-5-26(44)24(19)14-42)27(12-22(28)37(25)56-36)57-58-39-35(49)34(48)30(54-40(39)50-7-6-41)17-52-32(47)13-31(45)46/h3-5,10-12,18,25,30,33-35,37,39-40,42-44,48-49H,6-9,13-17,41H2,1-2H3,(H,45,46)/t25-,30-,33-,34-,35+,37-,39-,40-/m1/s1. The number of esters is 1. The summed E-state index contributed by atoms with van der Waals surface area (Å²) in [7, 11) is 0. The molecular weight excluding hydrogens is 766 g/mol. The Labute approximate surface area is 332 Å². The van der Waals surface area contributed by atoms with Crippen LogP contribution in [0.2, 0.25) is 0 Å². The number of carboxylic acid groups (broad SMARTS) is 1. The summed E-state index contributed by atoms with van der Waals surface area (Å²) < 4.78 is 41.5. The topological polar surface area (TPSA) is 265 Å². The zero-order chi connectivity index (χ0) is 41.2. The SMILES string of the molecule is CC(C)Cc1c2c(cc3c1O[C@@H]1c4cc(OO[C@H]5[C@H](OCCN)O[C@H](COC(=O)CC(=O)O)[C@@H](O)[C@@H]5O)c(Cc5cccc(O)c5CO)cc4OC[C@H]31)O[C@@H](CO)O2. The molecule has 18 nitrogen and oxygen atoms in total. The van der Waals surface area contributed by atoms with Crippen molar-refractivity contribution in [2.75, 3.05) is 33.0 Å². The fraction of sp³-hybridized carbons (Fsp3) is 0.500. The molecule has 1 fully saturated rings. The Kier molecular flexibility index (Phi) is 12.5. The molecule has 314 valence electrons. The van der Waals surface area contributed by atoms with E-state index in [0.717, 1.165) is 11.1 Å². The second-order valence-electron chi connectivity index (χ2n) is 14.8. The number of rotatable bonds is 16. The lowest BCUT2D eigenvalue weighted by Crippen LogP contribution is -2.60. The number of carbonyl (C=O) groups is 2. The van der Waals surface area contributed by atoms with Gasteiger partial charge in [0.15, 0.2) is 29.6 Å². The van der Waals surface area contributed by atoms with Crippen LogP contribution in [0.4, 0.5) is 0 Å². The number of carbonyl (C=O) groups excluding carboxylic acids is 1. The first-order valence-corrected chi connectivity index (χ1v) is 18.9. The quantitative estimate of drug-likeness (QED) is 0.0467. The zero-order valence-corrected chi connectivity index (χ0v) is 31.8. The third-order valence-electron chi connectivity index (χ3n) is 10.3. The van der Waals surface area contributed by atoms with Gasteiger partial charge in [0.25, 0.3) is 6.29 Å². The van der Waals surface area contributed by atoms with E-state index in [2.05, 4.69) is 13.8 Å². The summed E-state index contributed by atoms with van der Waals surface area (Å²) >= 11 is 0. The highest BCUT2D eigenvalue weighted by atomic mass is 17.2. The average Bonchev–Trinajstić information content (AvgIpc) is 3.79. The van der Waals surface area contributed by atoms with E-state index >= 15 is 0 Å². The van der Waals surface area contributed by atoms with Crippen molar-refractivity contribution in [3.63, 3.8) is 0 Å². The Balaban J connectivity index is 1.21.